The lowest BCUT2D eigenvalue weighted by Crippen LogP contribution is -2.25. The Morgan fingerprint density at radius 1 is 0.968 bits per heavy atom. The molecule has 0 saturated heterocycles. The summed E-state index contributed by atoms with van der Waals surface area (Å²) in [6.07, 6.45) is 5.75. The normalized spacial score (nSPS) is 11.0. The molecule has 1 amide bonds. The van der Waals surface area contributed by atoms with Gasteiger partial charge in [-0.3, -0.25) is 4.79 Å². The predicted octanol–water partition coefficient (Wildman–Crippen LogP) is 7.13. The highest BCUT2D eigenvalue weighted by molar-refractivity contribution is 6.35. The van der Waals surface area contributed by atoms with Gasteiger partial charge >= 0.3 is 0 Å². The average molecular weight is 479 g/mol. The highest BCUT2D eigenvalue weighted by Crippen LogP contribution is 2.27. The minimum atomic E-state index is -0.192. The summed E-state index contributed by atoms with van der Waals surface area (Å²) in [4.78, 5) is 20.5. The SMILES string of the molecule is CCCCCCNC(=O)c1nc(-c2ccc(Cl)cc2)c(CCc2ccc(Cl)cc2Cl)[nH]1. The number of halogens is 3. The van der Waals surface area contributed by atoms with Gasteiger partial charge in [-0.05, 0) is 49.1 Å². The number of H-pyrrole nitrogens is 1. The number of benzene rings is 2. The fourth-order valence-electron chi connectivity index (χ4n) is 3.37. The lowest BCUT2D eigenvalue weighted by molar-refractivity contribution is 0.0943. The van der Waals surface area contributed by atoms with Crippen LogP contribution < -0.4 is 5.32 Å². The molecule has 2 N–H and O–H groups in total. The maximum atomic E-state index is 12.6. The Hall–Kier alpha value is -2.01. The molecule has 0 spiro atoms. The third-order valence-electron chi connectivity index (χ3n) is 5.09. The highest BCUT2D eigenvalue weighted by atomic mass is 35.5. The molecule has 0 atom stereocenters. The highest BCUT2D eigenvalue weighted by Gasteiger charge is 2.17. The zero-order chi connectivity index (χ0) is 22.2. The van der Waals surface area contributed by atoms with E-state index in [4.69, 9.17) is 34.8 Å². The fraction of sp³-hybridized carbons (Fsp3) is 0.333. The molecular formula is C24H26Cl3N3O. The van der Waals surface area contributed by atoms with E-state index in [0.717, 1.165) is 41.8 Å². The first-order valence-corrected chi connectivity index (χ1v) is 11.7. The molecule has 31 heavy (non-hydrogen) atoms. The van der Waals surface area contributed by atoms with Gasteiger partial charge in [0.25, 0.3) is 5.91 Å². The van der Waals surface area contributed by atoms with Gasteiger partial charge in [-0.2, -0.15) is 0 Å². The molecule has 3 rings (SSSR count). The number of imidazole rings is 1. The molecule has 3 aromatic rings. The number of hydrogen-bond acceptors (Lipinski definition) is 2. The predicted molar refractivity (Wildman–Crippen MR) is 129 cm³/mol. The van der Waals surface area contributed by atoms with Gasteiger partial charge in [0.15, 0.2) is 5.82 Å². The van der Waals surface area contributed by atoms with E-state index in [-0.39, 0.29) is 5.91 Å². The number of nitrogens with zero attached hydrogens (tertiary/aromatic N) is 1. The van der Waals surface area contributed by atoms with Gasteiger partial charge in [-0.25, -0.2) is 4.98 Å². The summed E-state index contributed by atoms with van der Waals surface area (Å²) >= 11 is 18.4. The molecule has 0 fully saturated rings. The summed E-state index contributed by atoms with van der Waals surface area (Å²) in [5.41, 5.74) is 3.52. The molecule has 0 aliphatic rings. The Kier molecular flexibility index (Phi) is 8.82. The van der Waals surface area contributed by atoms with Crippen molar-refractivity contribution in [3.8, 4) is 11.3 Å². The first kappa shape index (κ1) is 23.6. The van der Waals surface area contributed by atoms with Crippen LogP contribution in [-0.4, -0.2) is 22.4 Å². The maximum Gasteiger partial charge on any atom is 0.287 e. The van der Waals surface area contributed by atoms with E-state index in [2.05, 4.69) is 22.2 Å². The first-order chi connectivity index (χ1) is 15.0. The number of aryl methyl sites for hydroxylation is 2. The number of rotatable bonds is 10. The van der Waals surface area contributed by atoms with Crippen molar-refractivity contribution < 1.29 is 4.79 Å². The topological polar surface area (TPSA) is 57.8 Å². The Labute approximate surface area is 198 Å². The molecule has 7 heteroatoms. The molecule has 164 valence electrons. The third-order valence-corrected chi connectivity index (χ3v) is 5.93. The lowest BCUT2D eigenvalue weighted by atomic mass is 10.0. The maximum absolute atomic E-state index is 12.6. The number of nitrogens with one attached hydrogen (secondary N) is 2. The van der Waals surface area contributed by atoms with E-state index in [1.807, 2.05) is 36.4 Å². The quantitative estimate of drug-likeness (QED) is 0.304. The van der Waals surface area contributed by atoms with Gasteiger partial charge in [0.1, 0.15) is 0 Å². The smallest absolute Gasteiger partial charge is 0.287 e. The summed E-state index contributed by atoms with van der Waals surface area (Å²) in [6.45, 7) is 2.81. The molecule has 2 aromatic carbocycles. The van der Waals surface area contributed by atoms with Crippen LogP contribution in [0.3, 0.4) is 0 Å². The first-order valence-electron chi connectivity index (χ1n) is 10.5. The van der Waals surface area contributed by atoms with Crippen LogP contribution in [0.15, 0.2) is 42.5 Å². The van der Waals surface area contributed by atoms with Crippen molar-refractivity contribution in [3.63, 3.8) is 0 Å². The second-order valence-electron chi connectivity index (χ2n) is 7.47. The molecule has 4 nitrogen and oxygen atoms in total. The van der Waals surface area contributed by atoms with E-state index in [1.165, 1.54) is 6.42 Å². The number of carbonyl (C=O) groups excluding carboxylic acids is 1. The van der Waals surface area contributed by atoms with Crippen molar-refractivity contribution in [3.05, 3.63) is 74.6 Å². The molecule has 0 bridgehead atoms. The number of aromatic amines is 1. The van der Waals surface area contributed by atoms with E-state index in [1.54, 1.807) is 6.07 Å². The number of unbranched alkanes of at least 4 members (excludes halogenated alkanes) is 3. The van der Waals surface area contributed by atoms with E-state index in [9.17, 15) is 4.79 Å². The van der Waals surface area contributed by atoms with Crippen molar-refractivity contribution in [2.45, 2.75) is 45.4 Å². The van der Waals surface area contributed by atoms with Crippen LogP contribution in [0.25, 0.3) is 11.3 Å². The molecule has 1 aromatic heterocycles. The van der Waals surface area contributed by atoms with E-state index >= 15 is 0 Å². The largest absolute Gasteiger partial charge is 0.349 e. The number of amides is 1. The summed E-state index contributed by atoms with van der Waals surface area (Å²) in [7, 11) is 0. The zero-order valence-corrected chi connectivity index (χ0v) is 19.7. The second kappa shape index (κ2) is 11.6. The van der Waals surface area contributed by atoms with Crippen molar-refractivity contribution >= 4 is 40.7 Å². The Morgan fingerprint density at radius 3 is 2.42 bits per heavy atom. The van der Waals surface area contributed by atoms with Crippen molar-refractivity contribution in [2.75, 3.05) is 6.54 Å². The van der Waals surface area contributed by atoms with E-state index < -0.39 is 0 Å². The van der Waals surface area contributed by atoms with Gasteiger partial charge in [-0.15, -0.1) is 0 Å². The van der Waals surface area contributed by atoms with Gasteiger partial charge in [0.2, 0.25) is 0 Å². The van der Waals surface area contributed by atoms with Crippen molar-refractivity contribution in [1.82, 2.24) is 15.3 Å². The Balaban J connectivity index is 1.78. The van der Waals surface area contributed by atoms with Crippen LogP contribution in [0, 0.1) is 0 Å². The standard InChI is InChI=1S/C24H26Cl3N3O/c1-2-3-4-5-14-28-24(31)23-29-21(13-9-16-6-12-19(26)15-20(16)27)22(30-23)17-7-10-18(25)11-8-17/h6-8,10-12,15H,2-5,9,13-14H2,1H3,(H,28,31)(H,29,30). The van der Waals surface area contributed by atoms with Crippen molar-refractivity contribution in [1.29, 1.82) is 0 Å². The molecule has 1 heterocycles. The zero-order valence-electron chi connectivity index (χ0n) is 17.5. The van der Waals surface area contributed by atoms with Gasteiger partial charge in [-0.1, -0.05) is 79.2 Å². The van der Waals surface area contributed by atoms with Gasteiger partial charge in [0, 0.05) is 32.9 Å². The number of aromatic nitrogens is 2. The third kappa shape index (κ3) is 6.73. The fourth-order valence-corrected chi connectivity index (χ4v) is 3.99. The molecule has 0 unspecified atom stereocenters. The summed E-state index contributed by atoms with van der Waals surface area (Å²) in [5, 5.41) is 4.85. The molecular weight excluding hydrogens is 453 g/mol. The molecule has 0 aliphatic carbocycles. The minimum Gasteiger partial charge on any atom is -0.349 e. The van der Waals surface area contributed by atoms with Crippen LogP contribution in [0.2, 0.25) is 15.1 Å². The second-order valence-corrected chi connectivity index (χ2v) is 8.75. The van der Waals surface area contributed by atoms with Crippen LogP contribution in [0.4, 0.5) is 0 Å². The molecule has 0 saturated carbocycles. The summed E-state index contributed by atoms with van der Waals surface area (Å²) in [5.74, 6) is 0.125. The Bertz CT molecular complexity index is 1020. The monoisotopic (exact) mass is 477 g/mol. The van der Waals surface area contributed by atoms with Gasteiger partial charge in [0.05, 0.1) is 5.69 Å². The number of carbonyl (C=O) groups is 1. The molecule has 0 radical (unpaired) electrons. The summed E-state index contributed by atoms with van der Waals surface area (Å²) < 4.78 is 0. The van der Waals surface area contributed by atoms with Crippen molar-refractivity contribution in [2.24, 2.45) is 0 Å². The van der Waals surface area contributed by atoms with E-state index in [0.29, 0.717) is 40.3 Å². The average Bonchev–Trinajstić information content (AvgIpc) is 3.18. The number of hydrogen-bond donors (Lipinski definition) is 2. The van der Waals surface area contributed by atoms with Gasteiger partial charge < -0.3 is 10.3 Å². The van der Waals surface area contributed by atoms with Crippen LogP contribution in [0.1, 0.15) is 54.5 Å². The minimum absolute atomic E-state index is 0.192. The van der Waals surface area contributed by atoms with Crippen LogP contribution in [0.5, 0.6) is 0 Å². The molecule has 0 aliphatic heterocycles. The lowest BCUT2D eigenvalue weighted by Gasteiger charge is -2.06. The van der Waals surface area contributed by atoms with Crippen LogP contribution >= 0.6 is 34.8 Å². The Morgan fingerprint density at radius 2 is 1.71 bits per heavy atom. The summed E-state index contributed by atoms with van der Waals surface area (Å²) in [6, 6.07) is 12.9. The van der Waals surface area contributed by atoms with Crippen LogP contribution in [-0.2, 0) is 12.8 Å².